The third-order valence-corrected chi connectivity index (χ3v) is 5.17. The maximum absolute atomic E-state index is 12.8. The van der Waals surface area contributed by atoms with Crippen LogP contribution in [-0.2, 0) is 11.8 Å². The average Bonchev–Trinajstić information content (AvgIpc) is 2.75. The highest BCUT2D eigenvalue weighted by Gasteiger charge is 2.45. The molecule has 4 rings (SSSR count). The third-order valence-electron chi connectivity index (χ3n) is 5.17. The number of hydrogen-bond acceptors (Lipinski definition) is 3. The fourth-order valence-corrected chi connectivity index (χ4v) is 4.21. The lowest BCUT2D eigenvalue weighted by molar-refractivity contribution is 0.101. The van der Waals surface area contributed by atoms with Crippen molar-refractivity contribution in [1.82, 2.24) is 4.57 Å². The second-order valence-corrected chi connectivity index (χ2v) is 6.45. The van der Waals surface area contributed by atoms with Crippen molar-refractivity contribution in [3.8, 4) is 11.4 Å². The van der Waals surface area contributed by atoms with Gasteiger partial charge in [-0.3, -0.25) is 14.2 Å². The van der Waals surface area contributed by atoms with E-state index in [9.17, 15) is 14.7 Å². The van der Waals surface area contributed by atoms with Crippen molar-refractivity contribution < 1.29 is 9.90 Å². The highest BCUT2D eigenvalue weighted by molar-refractivity contribution is 5.97. The molecule has 4 heteroatoms. The number of fused-ring (bicyclic) bond motifs is 3. The van der Waals surface area contributed by atoms with Crippen LogP contribution in [0.25, 0.3) is 5.69 Å². The van der Waals surface area contributed by atoms with Gasteiger partial charge in [-0.05, 0) is 44.7 Å². The Balaban J connectivity index is 2.24. The molecule has 0 amide bonds. The van der Waals surface area contributed by atoms with Gasteiger partial charge in [-0.15, -0.1) is 0 Å². The summed E-state index contributed by atoms with van der Waals surface area (Å²) in [5, 5.41) is 10.5. The molecule has 1 aliphatic carbocycles. The number of aromatic hydroxyl groups is 1. The van der Waals surface area contributed by atoms with Gasteiger partial charge in [0.05, 0.1) is 5.69 Å². The summed E-state index contributed by atoms with van der Waals surface area (Å²) < 4.78 is 1.65. The van der Waals surface area contributed by atoms with Crippen LogP contribution in [0.2, 0.25) is 0 Å². The Morgan fingerprint density at radius 1 is 1.32 bits per heavy atom. The number of ketones is 1. The maximum Gasteiger partial charge on any atom is 0.270 e. The van der Waals surface area contributed by atoms with E-state index in [-0.39, 0.29) is 22.5 Å². The van der Waals surface area contributed by atoms with Gasteiger partial charge >= 0.3 is 0 Å². The van der Waals surface area contributed by atoms with Crippen LogP contribution < -0.4 is 5.56 Å². The first-order chi connectivity index (χ1) is 10.5. The van der Waals surface area contributed by atoms with Crippen LogP contribution in [0.3, 0.4) is 0 Å². The van der Waals surface area contributed by atoms with Crippen LogP contribution >= 0.6 is 0 Å². The van der Waals surface area contributed by atoms with Gasteiger partial charge in [0.1, 0.15) is 11.3 Å². The molecule has 1 aromatic heterocycles. The number of benzene rings is 1. The van der Waals surface area contributed by atoms with E-state index in [1.165, 1.54) is 6.92 Å². The van der Waals surface area contributed by atoms with E-state index in [0.29, 0.717) is 6.42 Å². The molecule has 22 heavy (non-hydrogen) atoms. The van der Waals surface area contributed by atoms with Crippen LogP contribution in [0.15, 0.2) is 29.1 Å². The van der Waals surface area contributed by atoms with Crippen LogP contribution in [-0.4, -0.2) is 15.5 Å². The maximum atomic E-state index is 12.8. The van der Waals surface area contributed by atoms with Crippen molar-refractivity contribution >= 4 is 5.78 Å². The van der Waals surface area contributed by atoms with Crippen LogP contribution in [0, 0.1) is 0 Å². The number of para-hydroxylation sites is 1. The predicted molar refractivity (Wildman–Crippen MR) is 83.1 cm³/mol. The quantitative estimate of drug-likeness (QED) is 0.823. The second kappa shape index (κ2) is 4.09. The first-order valence-electron chi connectivity index (χ1n) is 7.59. The Morgan fingerprint density at radius 3 is 2.77 bits per heavy atom. The SMILES string of the molecule is CC(=O)c1c(O)c2c3n(c1=O)-c1ccccc1[C@@]3(C)CCC2. The summed E-state index contributed by atoms with van der Waals surface area (Å²) in [6, 6.07) is 7.84. The topological polar surface area (TPSA) is 59.3 Å². The third kappa shape index (κ3) is 1.37. The van der Waals surface area contributed by atoms with Crippen molar-refractivity contribution in [1.29, 1.82) is 0 Å². The van der Waals surface area contributed by atoms with Crippen LogP contribution in [0.4, 0.5) is 0 Å². The normalized spacial score (nSPS) is 21.4. The molecule has 0 spiro atoms. The summed E-state index contributed by atoms with van der Waals surface area (Å²) in [7, 11) is 0. The molecule has 4 nitrogen and oxygen atoms in total. The largest absolute Gasteiger partial charge is 0.507 e. The molecular formula is C18H17NO3. The standard InChI is InChI=1S/C18H17NO3/c1-10(20)14-15(21)11-6-5-9-18(2)12-7-3-4-8-13(12)19(16(11)18)17(14)22/h3-4,7-8,21H,5-6,9H2,1-2H3/t18-/m1/s1. The van der Waals surface area contributed by atoms with E-state index in [2.05, 4.69) is 6.92 Å². The smallest absolute Gasteiger partial charge is 0.270 e. The van der Waals surface area contributed by atoms with E-state index < -0.39 is 5.56 Å². The minimum absolute atomic E-state index is 0.0836. The van der Waals surface area contributed by atoms with Gasteiger partial charge < -0.3 is 5.11 Å². The van der Waals surface area contributed by atoms with Crippen molar-refractivity contribution in [3.05, 3.63) is 57.0 Å². The van der Waals surface area contributed by atoms with Gasteiger partial charge in [0.2, 0.25) is 0 Å². The molecular weight excluding hydrogens is 278 g/mol. The number of hydrogen-bond donors (Lipinski definition) is 1. The van der Waals surface area contributed by atoms with E-state index in [0.717, 1.165) is 35.3 Å². The summed E-state index contributed by atoms with van der Waals surface area (Å²) >= 11 is 0. The minimum atomic E-state index is -0.401. The van der Waals surface area contributed by atoms with Gasteiger partial charge in [-0.1, -0.05) is 18.2 Å². The Labute approximate surface area is 128 Å². The predicted octanol–water partition coefficient (Wildman–Crippen LogP) is 2.70. The molecule has 2 heterocycles. The lowest BCUT2D eigenvalue weighted by atomic mass is 9.71. The molecule has 0 saturated heterocycles. The Morgan fingerprint density at radius 2 is 2.05 bits per heavy atom. The molecule has 112 valence electrons. The number of Topliss-reactive ketones (excluding diaryl/α,β-unsaturated/α-hetero) is 1. The lowest BCUT2D eigenvalue weighted by Gasteiger charge is -2.32. The summed E-state index contributed by atoms with van der Waals surface area (Å²) in [5.41, 5.74) is 2.82. The zero-order valence-corrected chi connectivity index (χ0v) is 12.6. The average molecular weight is 295 g/mol. The molecule has 0 bridgehead atoms. The van der Waals surface area contributed by atoms with Crippen molar-refractivity contribution in [2.75, 3.05) is 0 Å². The molecule has 2 aliphatic rings. The zero-order chi connectivity index (χ0) is 15.6. The van der Waals surface area contributed by atoms with Gasteiger partial charge in [0.25, 0.3) is 5.56 Å². The van der Waals surface area contributed by atoms with Crippen molar-refractivity contribution in [3.63, 3.8) is 0 Å². The van der Waals surface area contributed by atoms with Gasteiger partial charge in [0.15, 0.2) is 5.78 Å². The molecule has 0 radical (unpaired) electrons. The molecule has 1 atom stereocenters. The van der Waals surface area contributed by atoms with Gasteiger partial charge in [-0.2, -0.15) is 0 Å². The van der Waals surface area contributed by atoms with E-state index in [1.807, 2.05) is 24.3 Å². The summed E-state index contributed by atoms with van der Waals surface area (Å²) in [4.78, 5) is 24.7. The molecule has 1 N–H and O–H groups in total. The summed E-state index contributed by atoms with van der Waals surface area (Å²) in [6.45, 7) is 3.46. The summed E-state index contributed by atoms with van der Waals surface area (Å²) in [5.74, 6) is -0.492. The highest BCUT2D eigenvalue weighted by Crippen LogP contribution is 2.51. The highest BCUT2D eigenvalue weighted by atomic mass is 16.3. The first-order valence-corrected chi connectivity index (χ1v) is 7.59. The van der Waals surface area contributed by atoms with Crippen molar-refractivity contribution in [2.24, 2.45) is 0 Å². The fourth-order valence-electron chi connectivity index (χ4n) is 4.21. The number of nitrogens with zero attached hydrogens (tertiary/aromatic N) is 1. The minimum Gasteiger partial charge on any atom is -0.507 e. The van der Waals surface area contributed by atoms with E-state index in [1.54, 1.807) is 4.57 Å². The summed E-state index contributed by atoms with van der Waals surface area (Å²) in [6.07, 6.45) is 2.57. The number of rotatable bonds is 1. The molecule has 2 aromatic rings. The second-order valence-electron chi connectivity index (χ2n) is 6.45. The molecule has 1 aliphatic heterocycles. The fraction of sp³-hybridized carbons (Fsp3) is 0.333. The Hall–Kier alpha value is -2.36. The molecule has 0 fully saturated rings. The van der Waals surface area contributed by atoms with Crippen molar-refractivity contribution in [2.45, 2.75) is 38.5 Å². The Bertz CT molecular complexity index is 894. The zero-order valence-electron chi connectivity index (χ0n) is 12.6. The van der Waals surface area contributed by atoms with Crippen LogP contribution in [0.1, 0.15) is 53.9 Å². The Kier molecular flexibility index (Phi) is 2.48. The van der Waals surface area contributed by atoms with E-state index >= 15 is 0 Å². The lowest BCUT2D eigenvalue weighted by Crippen LogP contribution is -2.33. The molecule has 0 saturated carbocycles. The monoisotopic (exact) mass is 295 g/mol. The first kappa shape index (κ1) is 13.3. The number of pyridine rings is 1. The van der Waals surface area contributed by atoms with Crippen LogP contribution in [0.5, 0.6) is 5.75 Å². The van der Waals surface area contributed by atoms with Gasteiger partial charge in [-0.25, -0.2) is 0 Å². The number of carbonyl (C=O) groups excluding carboxylic acids is 1. The molecule has 0 unspecified atom stereocenters. The molecule has 1 aromatic carbocycles. The number of aromatic nitrogens is 1. The van der Waals surface area contributed by atoms with E-state index in [4.69, 9.17) is 0 Å². The van der Waals surface area contributed by atoms with Gasteiger partial charge in [0, 0.05) is 16.7 Å². The number of carbonyl (C=O) groups is 1.